The van der Waals surface area contributed by atoms with Gasteiger partial charge in [0, 0.05) is 20.2 Å². The van der Waals surface area contributed by atoms with Gasteiger partial charge in [0.05, 0.1) is 12.2 Å². The summed E-state index contributed by atoms with van der Waals surface area (Å²) in [6, 6.07) is 0. The quantitative estimate of drug-likeness (QED) is 0.647. The Morgan fingerprint density at radius 2 is 2.00 bits per heavy atom. The molecule has 0 radical (unpaired) electrons. The molecule has 1 saturated heterocycles. The zero-order valence-electron chi connectivity index (χ0n) is 11.5. The van der Waals surface area contributed by atoms with E-state index in [1.807, 2.05) is 13.8 Å². The van der Waals surface area contributed by atoms with E-state index in [0.29, 0.717) is 0 Å². The van der Waals surface area contributed by atoms with Crippen LogP contribution in [-0.4, -0.2) is 62.0 Å². The second-order valence-electron chi connectivity index (χ2n) is 5.73. The summed E-state index contributed by atoms with van der Waals surface area (Å²) in [5.41, 5.74) is -0.566. The topological polar surface area (TPSA) is 44.7 Å². The number of β-amino-alcohol motifs (C(OH)–C–C–N with tert-alkyl or cyclic N) is 1. The Bertz CT molecular complexity index is 196. The fourth-order valence-electron chi connectivity index (χ4n) is 2.38. The summed E-state index contributed by atoms with van der Waals surface area (Å²) in [5, 5.41) is 13.2. The van der Waals surface area contributed by atoms with E-state index in [4.69, 9.17) is 4.74 Å². The second-order valence-corrected chi connectivity index (χ2v) is 5.73. The SMILES string of the molecule is COCCNCC1CCN(CC(C)(C)O)CC1. The molecule has 0 spiro atoms. The van der Waals surface area contributed by atoms with E-state index in [9.17, 15) is 5.11 Å². The second kappa shape index (κ2) is 7.31. The highest BCUT2D eigenvalue weighted by Crippen LogP contribution is 2.18. The Labute approximate surface area is 105 Å². The largest absolute Gasteiger partial charge is 0.389 e. The zero-order valence-corrected chi connectivity index (χ0v) is 11.5. The summed E-state index contributed by atoms with van der Waals surface area (Å²) in [7, 11) is 1.73. The summed E-state index contributed by atoms with van der Waals surface area (Å²) in [6.07, 6.45) is 2.46. The molecule has 0 aliphatic carbocycles. The summed E-state index contributed by atoms with van der Waals surface area (Å²) < 4.78 is 5.00. The van der Waals surface area contributed by atoms with Gasteiger partial charge in [-0.05, 0) is 52.2 Å². The number of nitrogens with zero attached hydrogens (tertiary/aromatic N) is 1. The van der Waals surface area contributed by atoms with Gasteiger partial charge in [0.2, 0.25) is 0 Å². The smallest absolute Gasteiger partial charge is 0.0718 e. The van der Waals surface area contributed by atoms with Gasteiger partial charge in [-0.3, -0.25) is 0 Å². The van der Waals surface area contributed by atoms with Crippen molar-refractivity contribution in [3.8, 4) is 0 Å². The predicted molar refractivity (Wildman–Crippen MR) is 70.2 cm³/mol. The number of methoxy groups -OCH3 is 1. The van der Waals surface area contributed by atoms with Crippen LogP contribution in [0.2, 0.25) is 0 Å². The molecule has 1 aliphatic rings. The van der Waals surface area contributed by atoms with E-state index in [1.54, 1.807) is 7.11 Å². The number of hydrogen-bond acceptors (Lipinski definition) is 4. The van der Waals surface area contributed by atoms with Gasteiger partial charge in [-0.25, -0.2) is 0 Å². The maximum Gasteiger partial charge on any atom is 0.0718 e. The monoisotopic (exact) mass is 244 g/mol. The molecule has 0 aromatic carbocycles. The molecule has 0 saturated carbocycles. The number of ether oxygens (including phenoxy) is 1. The normalized spacial score (nSPS) is 19.8. The maximum absolute atomic E-state index is 9.77. The van der Waals surface area contributed by atoms with E-state index in [-0.39, 0.29) is 0 Å². The van der Waals surface area contributed by atoms with Crippen molar-refractivity contribution in [2.75, 3.05) is 46.4 Å². The molecular formula is C13H28N2O2. The first-order valence-electron chi connectivity index (χ1n) is 6.65. The fraction of sp³-hybridized carbons (Fsp3) is 1.00. The number of nitrogens with one attached hydrogen (secondary N) is 1. The van der Waals surface area contributed by atoms with E-state index >= 15 is 0 Å². The Hall–Kier alpha value is -0.160. The minimum Gasteiger partial charge on any atom is -0.389 e. The number of rotatable bonds is 7. The van der Waals surface area contributed by atoms with Crippen molar-refractivity contribution in [1.29, 1.82) is 0 Å². The van der Waals surface area contributed by atoms with Gasteiger partial charge in [0.1, 0.15) is 0 Å². The molecule has 0 bridgehead atoms. The molecule has 1 heterocycles. The van der Waals surface area contributed by atoms with Crippen LogP contribution < -0.4 is 5.32 Å². The van der Waals surface area contributed by atoms with Gasteiger partial charge in [0.15, 0.2) is 0 Å². The number of likely N-dealkylation sites (tertiary alicyclic amines) is 1. The molecule has 1 rings (SSSR count). The van der Waals surface area contributed by atoms with Crippen molar-refractivity contribution in [3.05, 3.63) is 0 Å². The minimum absolute atomic E-state index is 0.566. The summed E-state index contributed by atoms with van der Waals surface area (Å²) in [6.45, 7) is 9.60. The summed E-state index contributed by atoms with van der Waals surface area (Å²) in [5.74, 6) is 0.782. The van der Waals surface area contributed by atoms with Crippen LogP contribution in [0.1, 0.15) is 26.7 Å². The third-order valence-electron chi connectivity index (χ3n) is 3.23. The first-order valence-corrected chi connectivity index (χ1v) is 6.65. The molecule has 102 valence electrons. The predicted octanol–water partition coefficient (Wildman–Crippen LogP) is 0.705. The van der Waals surface area contributed by atoms with Gasteiger partial charge >= 0.3 is 0 Å². The van der Waals surface area contributed by atoms with Crippen molar-refractivity contribution in [2.24, 2.45) is 5.92 Å². The van der Waals surface area contributed by atoms with Gasteiger partial charge in [0.25, 0.3) is 0 Å². The van der Waals surface area contributed by atoms with Crippen LogP contribution in [0.15, 0.2) is 0 Å². The molecule has 4 heteroatoms. The Morgan fingerprint density at radius 1 is 1.35 bits per heavy atom. The fourth-order valence-corrected chi connectivity index (χ4v) is 2.38. The first-order chi connectivity index (χ1) is 8.01. The molecule has 0 aromatic rings. The average molecular weight is 244 g/mol. The van der Waals surface area contributed by atoms with E-state index in [0.717, 1.165) is 45.2 Å². The highest BCUT2D eigenvalue weighted by Gasteiger charge is 2.23. The lowest BCUT2D eigenvalue weighted by atomic mass is 9.95. The van der Waals surface area contributed by atoms with Crippen LogP contribution in [0.4, 0.5) is 0 Å². The lowest BCUT2D eigenvalue weighted by Crippen LogP contribution is -2.44. The standard InChI is InChI=1S/C13H28N2O2/c1-13(2,16)11-15-7-4-12(5-8-15)10-14-6-9-17-3/h12,14,16H,4-11H2,1-3H3. The van der Waals surface area contributed by atoms with E-state index in [1.165, 1.54) is 12.8 Å². The molecule has 17 heavy (non-hydrogen) atoms. The lowest BCUT2D eigenvalue weighted by molar-refractivity contribution is 0.0244. The molecule has 0 unspecified atom stereocenters. The molecule has 0 aromatic heterocycles. The van der Waals surface area contributed by atoms with Gasteiger partial charge in [-0.15, -0.1) is 0 Å². The maximum atomic E-state index is 9.77. The van der Waals surface area contributed by atoms with Crippen LogP contribution >= 0.6 is 0 Å². The van der Waals surface area contributed by atoms with Crippen LogP contribution in [0, 0.1) is 5.92 Å². The number of piperidine rings is 1. The Kier molecular flexibility index (Phi) is 6.41. The highest BCUT2D eigenvalue weighted by atomic mass is 16.5. The van der Waals surface area contributed by atoms with Crippen LogP contribution in [0.25, 0.3) is 0 Å². The van der Waals surface area contributed by atoms with Crippen LogP contribution in [-0.2, 0) is 4.74 Å². The zero-order chi connectivity index (χ0) is 12.7. The Balaban J connectivity index is 2.09. The minimum atomic E-state index is -0.566. The van der Waals surface area contributed by atoms with E-state index in [2.05, 4.69) is 10.2 Å². The molecule has 0 atom stereocenters. The van der Waals surface area contributed by atoms with Crippen molar-refractivity contribution in [1.82, 2.24) is 10.2 Å². The molecule has 0 amide bonds. The lowest BCUT2D eigenvalue weighted by Gasteiger charge is -2.35. The average Bonchev–Trinajstić information content (AvgIpc) is 2.25. The van der Waals surface area contributed by atoms with Gasteiger partial charge < -0.3 is 20.1 Å². The van der Waals surface area contributed by atoms with Crippen molar-refractivity contribution >= 4 is 0 Å². The van der Waals surface area contributed by atoms with Crippen LogP contribution in [0.3, 0.4) is 0 Å². The summed E-state index contributed by atoms with van der Waals surface area (Å²) in [4.78, 5) is 2.37. The highest BCUT2D eigenvalue weighted by molar-refractivity contribution is 4.78. The van der Waals surface area contributed by atoms with Crippen molar-refractivity contribution in [2.45, 2.75) is 32.3 Å². The molecular weight excluding hydrogens is 216 g/mol. The summed E-state index contributed by atoms with van der Waals surface area (Å²) >= 11 is 0. The van der Waals surface area contributed by atoms with Crippen LogP contribution in [0.5, 0.6) is 0 Å². The van der Waals surface area contributed by atoms with Gasteiger partial charge in [-0.1, -0.05) is 0 Å². The molecule has 2 N–H and O–H groups in total. The third kappa shape index (κ3) is 6.99. The first kappa shape index (κ1) is 14.9. The Morgan fingerprint density at radius 3 is 2.53 bits per heavy atom. The molecule has 1 fully saturated rings. The van der Waals surface area contributed by atoms with Crippen molar-refractivity contribution in [3.63, 3.8) is 0 Å². The van der Waals surface area contributed by atoms with E-state index < -0.39 is 5.60 Å². The third-order valence-corrected chi connectivity index (χ3v) is 3.23. The number of hydrogen-bond donors (Lipinski definition) is 2. The molecule has 1 aliphatic heterocycles. The van der Waals surface area contributed by atoms with Gasteiger partial charge in [-0.2, -0.15) is 0 Å². The van der Waals surface area contributed by atoms with Crippen molar-refractivity contribution < 1.29 is 9.84 Å². The number of aliphatic hydroxyl groups is 1. The molecule has 4 nitrogen and oxygen atoms in total.